The van der Waals surface area contributed by atoms with Crippen LogP contribution in [0.5, 0.6) is 0 Å². The highest BCUT2D eigenvalue weighted by atomic mass is 32.2. The lowest BCUT2D eigenvalue weighted by atomic mass is 10.0. The van der Waals surface area contributed by atoms with E-state index in [1.165, 1.54) is 7.11 Å². The standard InChI is InChI=1S/C13H20N2O3S/c1-11(18-2)9-19(16,17)15-10-13(6-7-13)12-5-3-4-8-14-12/h3-5,8,11,15H,6-7,9-10H2,1-2H3. The van der Waals surface area contributed by atoms with Crippen molar-refractivity contribution >= 4 is 10.0 Å². The van der Waals surface area contributed by atoms with Gasteiger partial charge in [-0.15, -0.1) is 0 Å². The molecule has 1 aliphatic carbocycles. The fraction of sp³-hybridized carbons (Fsp3) is 0.615. The zero-order valence-electron chi connectivity index (χ0n) is 11.3. The molecule has 1 aromatic heterocycles. The highest BCUT2D eigenvalue weighted by molar-refractivity contribution is 7.89. The molecule has 0 amide bonds. The minimum Gasteiger partial charge on any atom is -0.381 e. The zero-order chi connectivity index (χ0) is 13.9. The largest absolute Gasteiger partial charge is 0.381 e. The van der Waals surface area contributed by atoms with Crippen molar-refractivity contribution in [3.63, 3.8) is 0 Å². The number of sulfonamides is 1. The number of nitrogens with zero attached hydrogens (tertiary/aromatic N) is 1. The van der Waals surface area contributed by atoms with Crippen LogP contribution in [0.3, 0.4) is 0 Å². The van der Waals surface area contributed by atoms with E-state index >= 15 is 0 Å². The maximum absolute atomic E-state index is 11.9. The molecule has 1 fully saturated rings. The molecule has 1 aromatic rings. The van der Waals surface area contributed by atoms with Gasteiger partial charge in [-0.05, 0) is 31.9 Å². The van der Waals surface area contributed by atoms with E-state index in [-0.39, 0.29) is 17.3 Å². The summed E-state index contributed by atoms with van der Waals surface area (Å²) in [5.41, 5.74) is 0.863. The van der Waals surface area contributed by atoms with Gasteiger partial charge in [0, 0.05) is 31.0 Å². The van der Waals surface area contributed by atoms with E-state index in [1.54, 1.807) is 13.1 Å². The fourth-order valence-corrected chi connectivity index (χ4v) is 3.40. The van der Waals surface area contributed by atoms with Gasteiger partial charge in [0.25, 0.3) is 0 Å². The second-order valence-electron chi connectivity index (χ2n) is 5.14. The second kappa shape index (κ2) is 5.56. The molecule has 1 heterocycles. The quantitative estimate of drug-likeness (QED) is 0.813. The van der Waals surface area contributed by atoms with Gasteiger partial charge < -0.3 is 4.74 Å². The highest BCUT2D eigenvalue weighted by Gasteiger charge is 2.46. The molecule has 1 aliphatic rings. The van der Waals surface area contributed by atoms with E-state index < -0.39 is 10.0 Å². The average molecular weight is 284 g/mol. The Hall–Kier alpha value is -0.980. The first kappa shape index (κ1) is 14.4. The lowest BCUT2D eigenvalue weighted by molar-refractivity contribution is 0.136. The predicted octanol–water partition coefficient (Wildman–Crippen LogP) is 1.07. The van der Waals surface area contributed by atoms with Gasteiger partial charge in [-0.2, -0.15) is 0 Å². The molecule has 106 valence electrons. The van der Waals surface area contributed by atoms with Crippen LogP contribution in [0.2, 0.25) is 0 Å². The SMILES string of the molecule is COC(C)CS(=O)(=O)NCC1(c2ccccn2)CC1. The van der Waals surface area contributed by atoms with Gasteiger partial charge >= 0.3 is 0 Å². The minimum atomic E-state index is -3.30. The molecule has 1 N–H and O–H groups in total. The van der Waals surface area contributed by atoms with Crippen LogP contribution >= 0.6 is 0 Å². The van der Waals surface area contributed by atoms with Crippen LogP contribution in [0.25, 0.3) is 0 Å². The Bertz CT molecular complexity index is 512. The molecular formula is C13H20N2O3S. The van der Waals surface area contributed by atoms with E-state index in [9.17, 15) is 8.42 Å². The summed E-state index contributed by atoms with van der Waals surface area (Å²) in [7, 11) is -1.79. The van der Waals surface area contributed by atoms with Crippen molar-refractivity contribution in [1.82, 2.24) is 9.71 Å². The Labute approximate surface area is 114 Å². The number of hydrogen-bond donors (Lipinski definition) is 1. The zero-order valence-corrected chi connectivity index (χ0v) is 12.1. The summed E-state index contributed by atoms with van der Waals surface area (Å²) in [4.78, 5) is 4.33. The highest BCUT2D eigenvalue weighted by Crippen LogP contribution is 2.46. The number of aromatic nitrogens is 1. The fourth-order valence-electron chi connectivity index (χ4n) is 2.03. The van der Waals surface area contributed by atoms with Crippen LogP contribution in [0.1, 0.15) is 25.5 Å². The first-order chi connectivity index (χ1) is 8.97. The molecular weight excluding hydrogens is 264 g/mol. The third-order valence-electron chi connectivity index (χ3n) is 3.55. The Balaban J connectivity index is 1.96. The third-order valence-corrected chi connectivity index (χ3v) is 5.04. The lowest BCUT2D eigenvalue weighted by Gasteiger charge is -2.17. The molecule has 5 nitrogen and oxygen atoms in total. The van der Waals surface area contributed by atoms with Gasteiger partial charge in [0.2, 0.25) is 10.0 Å². The van der Waals surface area contributed by atoms with Crippen LogP contribution in [-0.4, -0.2) is 38.9 Å². The van der Waals surface area contributed by atoms with Crippen LogP contribution in [0.4, 0.5) is 0 Å². The van der Waals surface area contributed by atoms with Gasteiger partial charge in [-0.25, -0.2) is 13.1 Å². The molecule has 1 unspecified atom stereocenters. The van der Waals surface area contributed by atoms with Crippen molar-refractivity contribution in [1.29, 1.82) is 0 Å². The van der Waals surface area contributed by atoms with Gasteiger partial charge in [0.05, 0.1) is 11.9 Å². The molecule has 6 heteroatoms. The Morgan fingerprint density at radius 3 is 2.74 bits per heavy atom. The summed E-state index contributed by atoms with van der Waals surface area (Å²) < 4.78 is 31.5. The van der Waals surface area contributed by atoms with Crippen LogP contribution in [-0.2, 0) is 20.2 Å². The van der Waals surface area contributed by atoms with Crippen molar-refractivity contribution < 1.29 is 13.2 Å². The molecule has 19 heavy (non-hydrogen) atoms. The number of methoxy groups -OCH3 is 1. The number of hydrogen-bond acceptors (Lipinski definition) is 4. The van der Waals surface area contributed by atoms with Crippen LogP contribution in [0, 0.1) is 0 Å². The number of pyridine rings is 1. The monoisotopic (exact) mass is 284 g/mol. The number of nitrogens with one attached hydrogen (secondary N) is 1. The van der Waals surface area contributed by atoms with Crippen LogP contribution in [0.15, 0.2) is 24.4 Å². The molecule has 2 rings (SSSR count). The Kier molecular flexibility index (Phi) is 4.23. The maximum Gasteiger partial charge on any atom is 0.214 e. The summed E-state index contributed by atoms with van der Waals surface area (Å²) in [5, 5.41) is 0. The normalized spacial score (nSPS) is 19.1. The summed E-state index contributed by atoms with van der Waals surface area (Å²) >= 11 is 0. The van der Waals surface area contributed by atoms with E-state index in [1.807, 2.05) is 18.2 Å². The topological polar surface area (TPSA) is 68.3 Å². The van der Waals surface area contributed by atoms with Gasteiger partial charge in [0.15, 0.2) is 0 Å². The number of ether oxygens (including phenoxy) is 1. The average Bonchev–Trinajstić information content (AvgIpc) is 3.18. The van der Waals surface area contributed by atoms with E-state index in [0.717, 1.165) is 18.5 Å². The number of rotatable bonds is 7. The van der Waals surface area contributed by atoms with Crippen molar-refractivity contribution in [3.8, 4) is 0 Å². The molecule has 0 spiro atoms. The molecule has 0 radical (unpaired) electrons. The first-order valence-electron chi connectivity index (χ1n) is 6.39. The maximum atomic E-state index is 11.9. The van der Waals surface area contributed by atoms with Gasteiger partial charge in [0.1, 0.15) is 0 Å². The van der Waals surface area contributed by atoms with E-state index in [0.29, 0.717) is 6.54 Å². The molecule has 1 atom stereocenters. The smallest absolute Gasteiger partial charge is 0.214 e. The Morgan fingerprint density at radius 2 is 2.21 bits per heavy atom. The second-order valence-corrected chi connectivity index (χ2v) is 7.00. The van der Waals surface area contributed by atoms with Gasteiger partial charge in [-0.1, -0.05) is 6.07 Å². The van der Waals surface area contributed by atoms with Crippen molar-refractivity contribution in [2.75, 3.05) is 19.4 Å². The van der Waals surface area contributed by atoms with E-state index in [2.05, 4.69) is 9.71 Å². The van der Waals surface area contributed by atoms with Crippen LogP contribution < -0.4 is 4.72 Å². The molecule has 0 aliphatic heterocycles. The Morgan fingerprint density at radius 1 is 1.47 bits per heavy atom. The summed E-state index contributed by atoms with van der Waals surface area (Å²) in [6.07, 6.45) is 3.40. The summed E-state index contributed by atoms with van der Waals surface area (Å²) in [6.45, 7) is 2.16. The third kappa shape index (κ3) is 3.75. The molecule has 0 bridgehead atoms. The van der Waals surface area contributed by atoms with Crippen molar-refractivity contribution in [2.45, 2.75) is 31.3 Å². The van der Waals surface area contributed by atoms with E-state index in [4.69, 9.17) is 4.74 Å². The predicted molar refractivity (Wildman–Crippen MR) is 73.4 cm³/mol. The van der Waals surface area contributed by atoms with Crippen molar-refractivity contribution in [3.05, 3.63) is 30.1 Å². The minimum absolute atomic E-state index is 0.0121. The molecule has 0 aromatic carbocycles. The summed E-state index contributed by atoms with van der Waals surface area (Å²) in [6, 6.07) is 5.76. The lowest BCUT2D eigenvalue weighted by Crippen LogP contribution is -2.37. The summed E-state index contributed by atoms with van der Waals surface area (Å²) in [5.74, 6) is -0.0121. The molecule has 1 saturated carbocycles. The first-order valence-corrected chi connectivity index (χ1v) is 8.04. The molecule has 0 saturated heterocycles. The van der Waals surface area contributed by atoms with Gasteiger partial charge in [-0.3, -0.25) is 4.98 Å². The van der Waals surface area contributed by atoms with Crippen molar-refractivity contribution in [2.24, 2.45) is 0 Å².